The second kappa shape index (κ2) is 28.2. The lowest BCUT2D eigenvalue weighted by Gasteiger charge is -2.20. The first kappa shape index (κ1) is 43.0. The summed E-state index contributed by atoms with van der Waals surface area (Å²) in [5.74, 6) is 0.606. The van der Waals surface area contributed by atoms with Gasteiger partial charge in [-0.25, -0.2) is 4.57 Å². The van der Waals surface area contributed by atoms with E-state index in [-0.39, 0.29) is 19.4 Å². The van der Waals surface area contributed by atoms with E-state index < -0.39 is 51.8 Å². The van der Waals surface area contributed by atoms with Gasteiger partial charge in [-0.05, 0) is 24.7 Å². The topological polar surface area (TPSA) is 149 Å². The van der Waals surface area contributed by atoms with E-state index >= 15 is 0 Å². The molecule has 0 rings (SSSR count). The standard InChI is InChI=1S/C33H65O10P/c1-5-29(4)21-17-13-10-11-14-18-22-32(36)40-26-31(27-42-44(38,39)41-25-30(35)24-34)43-33(37)23-19-15-9-7-6-8-12-16-20-28(2)3/h28-31,34-35H,5-27H2,1-4H3,(H,38,39)/t29?,30-,31+/m0/s1. The molecule has 10 nitrogen and oxygen atoms in total. The van der Waals surface area contributed by atoms with Crippen LogP contribution in [0.5, 0.6) is 0 Å². The van der Waals surface area contributed by atoms with Crippen molar-refractivity contribution in [1.29, 1.82) is 0 Å². The van der Waals surface area contributed by atoms with Crippen LogP contribution >= 0.6 is 7.82 Å². The van der Waals surface area contributed by atoms with E-state index in [1.807, 2.05) is 0 Å². The number of hydrogen-bond acceptors (Lipinski definition) is 9. The van der Waals surface area contributed by atoms with Crippen LogP contribution in [0.3, 0.4) is 0 Å². The summed E-state index contributed by atoms with van der Waals surface area (Å²) in [6, 6.07) is 0. The summed E-state index contributed by atoms with van der Waals surface area (Å²) in [7, 11) is -4.60. The second-order valence-electron chi connectivity index (χ2n) is 12.6. The predicted octanol–water partition coefficient (Wildman–Crippen LogP) is 7.65. The molecule has 2 unspecified atom stereocenters. The van der Waals surface area contributed by atoms with E-state index in [0.29, 0.717) is 12.8 Å². The SMILES string of the molecule is CCC(C)CCCCCCCCC(=O)OC[C@H](COP(=O)(O)OC[C@@H](O)CO)OC(=O)CCCCCCCCCCC(C)C. The third-order valence-electron chi connectivity index (χ3n) is 7.73. The van der Waals surface area contributed by atoms with Crippen molar-refractivity contribution < 1.29 is 47.8 Å². The molecular weight excluding hydrogens is 587 g/mol. The summed E-state index contributed by atoms with van der Waals surface area (Å²) in [4.78, 5) is 34.6. The Hall–Kier alpha value is -1.03. The fourth-order valence-corrected chi connectivity index (χ4v) is 5.41. The van der Waals surface area contributed by atoms with Gasteiger partial charge in [-0.3, -0.25) is 18.6 Å². The van der Waals surface area contributed by atoms with E-state index in [1.165, 1.54) is 57.8 Å². The van der Waals surface area contributed by atoms with Gasteiger partial charge in [-0.15, -0.1) is 0 Å². The van der Waals surface area contributed by atoms with Crippen LogP contribution in [0.15, 0.2) is 0 Å². The Balaban J connectivity index is 4.45. The molecule has 0 aromatic carbocycles. The lowest BCUT2D eigenvalue weighted by molar-refractivity contribution is -0.161. The molecule has 0 saturated heterocycles. The van der Waals surface area contributed by atoms with Gasteiger partial charge in [0.25, 0.3) is 0 Å². The van der Waals surface area contributed by atoms with Crippen LogP contribution in [0.1, 0.15) is 150 Å². The zero-order chi connectivity index (χ0) is 33.1. The smallest absolute Gasteiger partial charge is 0.462 e. The molecule has 0 fully saturated rings. The van der Waals surface area contributed by atoms with Crippen LogP contribution in [0, 0.1) is 11.8 Å². The highest BCUT2D eigenvalue weighted by atomic mass is 31.2. The Morgan fingerprint density at radius 1 is 0.682 bits per heavy atom. The number of hydrogen-bond donors (Lipinski definition) is 3. The average Bonchev–Trinajstić information content (AvgIpc) is 2.99. The average molecular weight is 653 g/mol. The number of aliphatic hydroxyl groups is 2. The number of carbonyl (C=O) groups is 2. The summed E-state index contributed by atoms with van der Waals surface area (Å²) in [5.41, 5.74) is 0. The molecule has 0 spiro atoms. The number of carbonyl (C=O) groups excluding carboxylic acids is 2. The number of rotatable bonds is 31. The zero-order valence-corrected chi connectivity index (χ0v) is 29.1. The molecule has 3 N–H and O–H groups in total. The monoisotopic (exact) mass is 652 g/mol. The molecule has 44 heavy (non-hydrogen) atoms. The Morgan fingerprint density at radius 2 is 1.16 bits per heavy atom. The van der Waals surface area contributed by atoms with E-state index in [9.17, 15) is 24.2 Å². The quantitative estimate of drug-likeness (QED) is 0.0387. The Kier molecular flexibility index (Phi) is 27.6. The minimum absolute atomic E-state index is 0.187. The summed E-state index contributed by atoms with van der Waals surface area (Å²) < 4.78 is 32.4. The van der Waals surface area contributed by atoms with Gasteiger partial charge in [-0.1, -0.05) is 124 Å². The number of ether oxygens (including phenoxy) is 2. The highest BCUT2D eigenvalue weighted by molar-refractivity contribution is 7.47. The molecule has 0 aliphatic heterocycles. The summed E-state index contributed by atoms with van der Waals surface area (Å²) >= 11 is 0. The van der Waals surface area contributed by atoms with E-state index in [1.54, 1.807) is 0 Å². The van der Waals surface area contributed by atoms with Crippen LogP contribution in [0.4, 0.5) is 0 Å². The molecule has 0 aromatic heterocycles. The molecule has 0 bridgehead atoms. The molecule has 0 heterocycles. The predicted molar refractivity (Wildman–Crippen MR) is 173 cm³/mol. The maximum atomic E-state index is 12.5. The first-order chi connectivity index (χ1) is 21.0. The van der Waals surface area contributed by atoms with Gasteiger partial charge in [0.05, 0.1) is 19.8 Å². The lowest BCUT2D eigenvalue weighted by Crippen LogP contribution is -2.29. The van der Waals surface area contributed by atoms with Crippen molar-refractivity contribution in [1.82, 2.24) is 0 Å². The van der Waals surface area contributed by atoms with Gasteiger partial charge in [-0.2, -0.15) is 0 Å². The fraction of sp³-hybridized carbons (Fsp3) is 0.939. The van der Waals surface area contributed by atoms with Crippen LogP contribution in [0.25, 0.3) is 0 Å². The van der Waals surface area contributed by atoms with Crippen molar-refractivity contribution in [2.75, 3.05) is 26.4 Å². The number of phosphoric acid groups is 1. The normalized spacial score (nSPS) is 15.1. The summed E-state index contributed by atoms with van der Waals surface area (Å²) in [6.07, 6.45) is 16.8. The minimum atomic E-state index is -4.60. The highest BCUT2D eigenvalue weighted by Crippen LogP contribution is 2.43. The van der Waals surface area contributed by atoms with Gasteiger partial charge >= 0.3 is 19.8 Å². The van der Waals surface area contributed by atoms with Crippen LogP contribution in [0.2, 0.25) is 0 Å². The number of unbranched alkanes of at least 4 members (excludes halogenated alkanes) is 12. The van der Waals surface area contributed by atoms with Gasteiger partial charge in [0.15, 0.2) is 6.10 Å². The van der Waals surface area contributed by atoms with E-state index in [0.717, 1.165) is 50.4 Å². The minimum Gasteiger partial charge on any atom is -0.462 e. The Labute approximate surface area is 267 Å². The molecule has 262 valence electrons. The van der Waals surface area contributed by atoms with Gasteiger partial charge in [0, 0.05) is 12.8 Å². The zero-order valence-electron chi connectivity index (χ0n) is 28.2. The molecular formula is C33H65O10P. The summed E-state index contributed by atoms with van der Waals surface area (Å²) in [5, 5.41) is 18.2. The van der Waals surface area contributed by atoms with Crippen LogP contribution < -0.4 is 0 Å². The third-order valence-corrected chi connectivity index (χ3v) is 8.68. The molecule has 0 radical (unpaired) electrons. The fourth-order valence-electron chi connectivity index (χ4n) is 4.62. The van der Waals surface area contributed by atoms with E-state index in [2.05, 4.69) is 32.2 Å². The summed E-state index contributed by atoms with van der Waals surface area (Å²) in [6.45, 7) is 6.90. The molecule has 11 heteroatoms. The molecule has 0 aliphatic rings. The van der Waals surface area contributed by atoms with Crippen molar-refractivity contribution >= 4 is 19.8 Å². The van der Waals surface area contributed by atoms with Crippen molar-refractivity contribution in [3.63, 3.8) is 0 Å². The van der Waals surface area contributed by atoms with E-state index in [4.69, 9.17) is 19.1 Å². The van der Waals surface area contributed by atoms with Gasteiger partial charge < -0.3 is 24.6 Å². The van der Waals surface area contributed by atoms with Crippen molar-refractivity contribution in [3.8, 4) is 0 Å². The molecule has 0 aromatic rings. The maximum absolute atomic E-state index is 12.5. The van der Waals surface area contributed by atoms with Crippen LogP contribution in [-0.4, -0.2) is 65.7 Å². The van der Waals surface area contributed by atoms with Gasteiger partial charge in [0.1, 0.15) is 12.7 Å². The lowest BCUT2D eigenvalue weighted by atomic mass is 10.00. The Morgan fingerprint density at radius 3 is 1.68 bits per heavy atom. The highest BCUT2D eigenvalue weighted by Gasteiger charge is 2.27. The number of aliphatic hydroxyl groups excluding tert-OH is 2. The van der Waals surface area contributed by atoms with Crippen LogP contribution in [-0.2, 0) is 32.7 Å². The number of phosphoric ester groups is 1. The van der Waals surface area contributed by atoms with Crippen molar-refractivity contribution in [3.05, 3.63) is 0 Å². The molecule has 0 aliphatic carbocycles. The second-order valence-corrected chi connectivity index (χ2v) is 14.1. The van der Waals surface area contributed by atoms with Crippen molar-refractivity contribution in [2.24, 2.45) is 11.8 Å². The number of esters is 2. The molecule has 0 amide bonds. The first-order valence-electron chi connectivity index (χ1n) is 17.2. The first-order valence-corrected chi connectivity index (χ1v) is 18.7. The largest absolute Gasteiger partial charge is 0.472 e. The molecule has 4 atom stereocenters. The Bertz CT molecular complexity index is 748. The van der Waals surface area contributed by atoms with Crippen molar-refractivity contribution in [2.45, 2.75) is 162 Å². The third kappa shape index (κ3) is 28.4. The maximum Gasteiger partial charge on any atom is 0.472 e. The van der Waals surface area contributed by atoms with Gasteiger partial charge in [0.2, 0.25) is 0 Å². The molecule has 0 saturated carbocycles.